The predicted molar refractivity (Wildman–Crippen MR) is 180 cm³/mol. The summed E-state index contributed by atoms with van der Waals surface area (Å²) in [6, 6.07) is 7.36. The smallest absolute Gasteiger partial charge is 0.243 e. The lowest BCUT2D eigenvalue weighted by molar-refractivity contribution is -0.132. The number of aliphatic hydroxyl groups is 2. The van der Waals surface area contributed by atoms with E-state index in [2.05, 4.69) is 16.6 Å². The van der Waals surface area contributed by atoms with Gasteiger partial charge in [-0.3, -0.25) is 9.59 Å². The van der Waals surface area contributed by atoms with Gasteiger partial charge in [0.05, 0.1) is 29.6 Å². The van der Waals surface area contributed by atoms with Crippen molar-refractivity contribution in [2.24, 2.45) is 17.8 Å². The minimum Gasteiger partial charge on any atom is -0.390 e. The van der Waals surface area contributed by atoms with E-state index in [9.17, 15) is 28.2 Å². The first kappa shape index (κ1) is 38.7. The Morgan fingerprint density at radius 2 is 1.67 bits per heavy atom. The molecule has 0 unspecified atom stereocenters. The number of nitrogens with zero attached hydrogens (tertiary/aromatic N) is 1. The van der Waals surface area contributed by atoms with Crippen molar-refractivity contribution >= 4 is 21.7 Å². The Morgan fingerprint density at radius 1 is 1.02 bits per heavy atom. The molecule has 1 aliphatic rings. The van der Waals surface area contributed by atoms with Crippen molar-refractivity contribution in [1.29, 1.82) is 0 Å². The molecule has 0 radical (unpaired) electrons. The summed E-state index contributed by atoms with van der Waals surface area (Å²) in [5.41, 5.74) is 0.810. The number of amides is 2. The van der Waals surface area contributed by atoms with Crippen molar-refractivity contribution in [3.63, 3.8) is 0 Å². The van der Waals surface area contributed by atoms with E-state index in [1.807, 2.05) is 62.9 Å². The molecule has 0 bridgehead atoms. The molecule has 5 atom stereocenters. The van der Waals surface area contributed by atoms with Crippen LogP contribution >= 0.6 is 0 Å². The lowest BCUT2D eigenvalue weighted by atomic mass is 9.82. The predicted octanol–water partition coefficient (Wildman–Crippen LogP) is 3.33. The van der Waals surface area contributed by atoms with Crippen LogP contribution in [0.4, 0.5) is 0 Å². The number of carbonyl (C=O) groups excluding carboxylic acids is 2. The van der Waals surface area contributed by atoms with Crippen LogP contribution in [-0.2, 0) is 25.8 Å². The molecule has 2 amide bonds. The summed E-state index contributed by atoms with van der Waals surface area (Å²) in [5, 5.41) is 27.6. The Bertz CT molecular complexity index is 1160. The number of aliphatic hydroxyl groups excluding tert-OH is 2. The van der Waals surface area contributed by atoms with Gasteiger partial charge in [0.15, 0.2) is 9.84 Å². The Labute approximate surface area is 271 Å². The van der Waals surface area contributed by atoms with Crippen molar-refractivity contribution in [2.45, 2.75) is 110 Å². The van der Waals surface area contributed by atoms with Gasteiger partial charge in [0.2, 0.25) is 11.8 Å². The quantitative estimate of drug-likeness (QED) is 0.160. The zero-order valence-corrected chi connectivity index (χ0v) is 28.6. The molecule has 0 heterocycles. The van der Waals surface area contributed by atoms with Crippen molar-refractivity contribution in [3.8, 4) is 12.3 Å². The van der Waals surface area contributed by atoms with Crippen LogP contribution in [0, 0.1) is 30.1 Å². The standard InChI is InChI=1S/C35H57N3O6S/c1-6-15-30(35(42)37-31(24-28-18-13-10-14-19-28)33(40)32(39)22-26(4)5)36-34(41)29(23-27-16-11-9-12-17-27)25-45(43,44)21-20-38(7-2)8-3/h1,9,11-12,16-17,26,28-33,39-40H,7-8,10,13-15,18-25H2,2-5H3,(H,36,41)(H,37,42)/t29-,30+,31+,32+,33-/m1/s1. The largest absolute Gasteiger partial charge is 0.390 e. The Kier molecular flexibility index (Phi) is 17.2. The topological polar surface area (TPSA) is 136 Å². The van der Waals surface area contributed by atoms with Gasteiger partial charge in [-0.1, -0.05) is 90.1 Å². The molecule has 0 aromatic heterocycles. The fraction of sp³-hybridized carbons (Fsp3) is 0.714. The van der Waals surface area contributed by atoms with E-state index in [4.69, 9.17) is 6.42 Å². The van der Waals surface area contributed by atoms with E-state index in [0.29, 0.717) is 25.3 Å². The zero-order valence-electron chi connectivity index (χ0n) is 27.8. The molecule has 1 aromatic carbocycles. The molecule has 10 heteroatoms. The number of benzene rings is 1. The summed E-state index contributed by atoms with van der Waals surface area (Å²) in [5.74, 6) is 0.440. The van der Waals surface area contributed by atoms with Gasteiger partial charge in [-0.2, -0.15) is 0 Å². The minimum absolute atomic E-state index is 0.0685. The highest BCUT2D eigenvalue weighted by molar-refractivity contribution is 7.91. The van der Waals surface area contributed by atoms with E-state index in [-0.39, 0.29) is 30.3 Å². The summed E-state index contributed by atoms with van der Waals surface area (Å²) in [6.45, 7) is 9.70. The van der Waals surface area contributed by atoms with Crippen LogP contribution in [0.3, 0.4) is 0 Å². The first-order valence-electron chi connectivity index (χ1n) is 16.8. The molecule has 1 fully saturated rings. The van der Waals surface area contributed by atoms with Crippen LogP contribution in [0.1, 0.15) is 84.6 Å². The fourth-order valence-electron chi connectivity index (χ4n) is 6.18. The summed E-state index contributed by atoms with van der Waals surface area (Å²) >= 11 is 0. The second kappa shape index (κ2) is 19.9. The van der Waals surface area contributed by atoms with Gasteiger partial charge < -0.3 is 25.7 Å². The van der Waals surface area contributed by atoms with E-state index < -0.39 is 51.9 Å². The summed E-state index contributed by atoms with van der Waals surface area (Å²) < 4.78 is 26.4. The van der Waals surface area contributed by atoms with Gasteiger partial charge in [-0.25, -0.2) is 8.42 Å². The van der Waals surface area contributed by atoms with Crippen LogP contribution in [0.25, 0.3) is 0 Å². The first-order valence-corrected chi connectivity index (χ1v) is 18.6. The maximum atomic E-state index is 13.7. The monoisotopic (exact) mass is 647 g/mol. The number of rotatable bonds is 20. The molecular formula is C35H57N3O6S. The van der Waals surface area contributed by atoms with Crippen LogP contribution in [0.15, 0.2) is 30.3 Å². The number of hydrogen-bond donors (Lipinski definition) is 4. The molecule has 1 aromatic rings. The first-order chi connectivity index (χ1) is 21.4. The van der Waals surface area contributed by atoms with Crippen LogP contribution in [0.5, 0.6) is 0 Å². The maximum Gasteiger partial charge on any atom is 0.243 e. The summed E-state index contributed by atoms with van der Waals surface area (Å²) in [7, 11) is -3.60. The number of terminal acetylenes is 1. The molecule has 45 heavy (non-hydrogen) atoms. The van der Waals surface area contributed by atoms with Gasteiger partial charge in [-0.05, 0) is 49.8 Å². The van der Waals surface area contributed by atoms with E-state index >= 15 is 0 Å². The van der Waals surface area contributed by atoms with Crippen LogP contribution in [-0.4, -0.2) is 90.8 Å². The lowest BCUT2D eigenvalue weighted by Gasteiger charge is -2.33. The third-order valence-electron chi connectivity index (χ3n) is 8.88. The van der Waals surface area contributed by atoms with Crippen LogP contribution < -0.4 is 10.6 Å². The molecule has 0 saturated heterocycles. The fourth-order valence-corrected chi connectivity index (χ4v) is 7.77. The number of sulfone groups is 1. The number of carbonyl (C=O) groups is 2. The Balaban J connectivity index is 2.24. The minimum atomic E-state index is -3.60. The number of hydrogen-bond acceptors (Lipinski definition) is 7. The summed E-state index contributed by atoms with van der Waals surface area (Å²) in [6.07, 6.45) is 9.72. The van der Waals surface area contributed by atoms with Gasteiger partial charge in [0.25, 0.3) is 0 Å². The van der Waals surface area contributed by atoms with E-state index in [1.54, 1.807) is 0 Å². The molecular weight excluding hydrogens is 590 g/mol. The Morgan fingerprint density at radius 3 is 2.24 bits per heavy atom. The molecule has 254 valence electrons. The highest BCUT2D eigenvalue weighted by atomic mass is 32.2. The molecule has 9 nitrogen and oxygen atoms in total. The van der Waals surface area contributed by atoms with Gasteiger partial charge in [-0.15, -0.1) is 12.3 Å². The van der Waals surface area contributed by atoms with E-state index in [1.165, 1.54) is 0 Å². The van der Waals surface area contributed by atoms with E-state index in [0.717, 1.165) is 50.8 Å². The van der Waals surface area contributed by atoms with Gasteiger partial charge >= 0.3 is 0 Å². The van der Waals surface area contributed by atoms with Crippen molar-refractivity contribution in [1.82, 2.24) is 15.5 Å². The van der Waals surface area contributed by atoms with Crippen molar-refractivity contribution in [3.05, 3.63) is 35.9 Å². The van der Waals surface area contributed by atoms with Gasteiger partial charge in [0.1, 0.15) is 12.1 Å². The van der Waals surface area contributed by atoms with Gasteiger partial charge in [0, 0.05) is 13.0 Å². The average molecular weight is 648 g/mol. The third kappa shape index (κ3) is 14.2. The summed E-state index contributed by atoms with van der Waals surface area (Å²) in [4.78, 5) is 29.4. The normalized spacial score (nSPS) is 17.7. The second-order valence-corrected chi connectivity index (χ2v) is 15.3. The Hall–Kier alpha value is -2.45. The second-order valence-electron chi connectivity index (χ2n) is 13.0. The maximum absolute atomic E-state index is 13.7. The third-order valence-corrected chi connectivity index (χ3v) is 10.6. The van der Waals surface area contributed by atoms with Crippen LogP contribution in [0.2, 0.25) is 0 Å². The molecule has 2 rings (SSSR count). The number of nitrogens with one attached hydrogen (secondary N) is 2. The molecule has 1 saturated carbocycles. The van der Waals surface area contributed by atoms with Crippen molar-refractivity contribution < 1.29 is 28.2 Å². The highest BCUT2D eigenvalue weighted by Crippen LogP contribution is 2.29. The SMILES string of the molecule is C#CC[C@H](NC(=O)[C@H](Cc1ccccc1)CS(=O)(=O)CCN(CC)CC)C(=O)N[C@@H](CC1CCCCC1)[C@@H](O)[C@@H](O)CC(C)C. The molecule has 0 spiro atoms. The highest BCUT2D eigenvalue weighted by Gasteiger charge is 2.34. The average Bonchev–Trinajstić information content (AvgIpc) is 3.00. The molecule has 4 N–H and O–H groups in total. The molecule has 0 aliphatic heterocycles. The van der Waals surface area contributed by atoms with Crippen molar-refractivity contribution in [2.75, 3.05) is 31.1 Å². The molecule has 1 aliphatic carbocycles. The zero-order chi connectivity index (χ0) is 33.4. The lowest BCUT2D eigenvalue weighted by Crippen LogP contribution is -2.56.